The smallest absolute Gasteiger partial charge is 0.363 e. The number of rotatable bonds is 2. The van der Waals surface area contributed by atoms with Crippen molar-refractivity contribution in [3.63, 3.8) is 0 Å². The number of esters is 1. The number of hydrogen-bond acceptors (Lipinski definition) is 4. The topological polar surface area (TPSA) is 51.8 Å². The first kappa shape index (κ1) is 13.1. The Bertz CT molecular complexity index is 726. The highest BCUT2D eigenvalue weighted by atomic mass is 127. The van der Waals surface area contributed by atoms with Crippen LogP contribution >= 0.6 is 22.6 Å². The molecule has 5 heteroatoms. The Labute approximate surface area is 129 Å². The molecule has 0 amide bonds. The molecule has 1 aliphatic rings. The summed E-state index contributed by atoms with van der Waals surface area (Å²) in [6, 6.07) is 11.2. The number of ether oxygens (including phenoxy) is 1. The third-order valence-corrected chi connectivity index (χ3v) is 3.37. The standard InChI is InChI=1S/C15H10INO3/c1-9-2-4-10(5-3-9)14-17-12(15(18)20-14)8-11-6-7-13(16)19-11/h2-8H,1H3/b12-8-. The zero-order chi connectivity index (χ0) is 14.1. The van der Waals surface area contributed by atoms with Gasteiger partial charge in [-0.1, -0.05) is 17.7 Å². The molecule has 1 aromatic heterocycles. The minimum Gasteiger partial charge on any atom is -0.451 e. The minimum absolute atomic E-state index is 0.242. The second-order valence-electron chi connectivity index (χ2n) is 4.34. The van der Waals surface area contributed by atoms with Gasteiger partial charge in [0.15, 0.2) is 9.46 Å². The Morgan fingerprint density at radius 3 is 2.55 bits per heavy atom. The number of cyclic esters (lactones) is 1. The van der Waals surface area contributed by atoms with E-state index in [9.17, 15) is 4.79 Å². The summed E-state index contributed by atoms with van der Waals surface area (Å²) in [5, 5.41) is 0. The van der Waals surface area contributed by atoms with Gasteiger partial charge in [-0.3, -0.25) is 0 Å². The van der Waals surface area contributed by atoms with Crippen LogP contribution in [0.1, 0.15) is 16.9 Å². The van der Waals surface area contributed by atoms with E-state index in [0.717, 1.165) is 14.9 Å². The summed E-state index contributed by atoms with van der Waals surface area (Å²) < 4.78 is 11.3. The molecule has 0 fully saturated rings. The van der Waals surface area contributed by atoms with Crippen LogP contribution in [-0.4, -0.2) is 11.9 Å². The molecular formula is C15H10INO3. The summed E-state index contributed by atoms with van der Waals surface area (Å²) in [6.07, 6.45) is 1.58. The summed E-state index contributed by atoms with van der Waals surface area (Å²) >= 11 is 2.06. The molecule has 0 atom stereocenters. The van der Waals surface area contributed by atoms with Crippen LogP contribution in [0.4, 0.5) is 0 Å². The maximum atomic E-state index is 11.8. The van der Waals surface area contributed by atoms with Crippen LogP contribution in [0.25, 0.3) is 6.08 Å². The fraction of sp³-hybridized carbons (Fsp3) is 0.0667. The van der Waals surface area contributed by atoms with Crippen molar-refractivity contribution >= 4 is 40.5 Å². The van der Waals surface area contributed by atoms with Crippen LogP contribution < -0.4 is 0 Å². The van der Waals surface area contributed by atoms with E-state index in [4.69, 9.17) is 9.15 Å². The fourth-order valence-corrected chi connectivity index (χ4v) is 2.20. The van der Waals surface area contributed by atoms with Gasteiger partial charge in [0, 0.05) is 11.6 Å². The second kappa shape index (κ2) is 5.24. The van der Waals surface area contributed by atoms with E-state index in [-0.39, 0.29) is 5.70 Å². The van der Waals surface area contributed by atoms with Crippen LogP contribution in [0.3, 0.4) is 0 Å². The van der Waals surface area contributed by atoms with Gasteiger partial charge in [-0.25, -0.2) is 9.79 Å². The van der Waals surface area contributed by atoms with Gasteiger partial charge in [0.05, 0.1) is 0 Å². The maximum absolute atomic E-state index is 11.8. The van der Waals surface area contributed by atoms with Gasteiger partial charge in [-0.05, 0) is 53.8 Å². The Morgan fingerprint density at radius 2 is 1.90 bits per heavy atom. The zero-order valence-electron chi connectivity index (χ0n) is 10.6. The maximum Gasteiger partial charge on any atom is 0.363 e. The van der Waals surface area contributed by atoms with Gasteiger partial charge in [-0.2, -0.15) is 0 Å². The van der Waals surface area contributed by atoms with E-state index >= 15 is 0 Å². The van der Waals surface area contributed by atoms with E-state index in [1.165, 1.54) is 0 Å². The third kappa shape index (κ3) is 2.67. The largest absolute Gasteiger partial charge is 0.451 e. The number of carbonyl (C=O) groups is 1. The first-order chi connectivity index (χ1) is 9.61. The zero-order valence-corrected chi connectivity index (χ0v) is 12.7. The predicted molar refractivity (Wildman–Crippen MR) is 83.2 cm³/mol. The van der Waals surface area contributed by atoms with E-state index in [1.54, 1.807) is 12.1 Å². The Balaban J connectivity index is 1.92. The molecule has 1 aromatic carbocycles. The van der Waals surface area contributed by atoms with Crippen LogP contribution in [0.5, 0.6) is 0 Å². The molecule has 0 unspecified atom stereocenters. The number of aryl methyl sites for hydroxylation is 1. The normalized spacial score (nSPS) is 16.4. The monoisotopic (exact) mass is 379 g/mol. The highest BCUT2D eigenvalue weighted by molar-refractivity contribution is 14.1. The van der Waals surface area contributed by atoms with Gasteiger partial charge >= 0.3 is 5.97 Å². The lowest BCUT2D eigenvalue weighted by Gasteiger charge is -1.99. The van der Waals surface area contributed by atoms with E-state index in [0.29, 0.717) is 11.7 Å². The average molecular weight is 379 g/mol. The van der Waals surface area contributed by atoms with E-state index < -0.39 is 5.97 Å². The van der Waals surface area contributed by atoms with Crippen LogP contribution in [0, 0.1) is 10.7 Å². The van der Waals surface area contributed by atoms with Crippen LogP contribution in [0.15, 0.2) is 51.5 Å². The Kier molecular flexibility index (Phi) is 3.43. The Morgan fingerprint density at radius 1 is 1.15 bits per heavy atom. The van der Waals surface area contributed by atoms with Crippen molar-refractivity contribution in [1.29, 1.82) is 0 Å². The number of nitrogens with zero attached hydrogens (tertiary/aromatic N) is 1. The molecule has 3 rings (SSSR count). The molecule has 20 heavy (non-hydrogen) atoms. The number of halogens is 1. The summed E-state index contributed by atoms with van der Waals surface area (Å²) in [6.45, 7) is 2.00. The van der Waals surface area contributed by atoms with Gasteiger partial charge in [0.1, 0.15) is 5.76 Å². The van der Waals surface area contributed by atoms with Crippen molar-refractivity contribution in [1.82, 2.24) is 0 Å². The molecule has 0 aliphatic carbocycles. The van der Waals surface area contributed by atoms with Crippen molar-refractivity contribution in [3.8, 4) is 0 Å². The number of hydrogen-bond donors (Lipinski definition) is 0. The quantitative estimate of drug-likeness (QED) is 0.456. The lowest BCUT2D eigenvalue weighted by Crippen LogP contribution is -2.05. The van der Waals surface area contributed by atoms with E-state index in [1.807, 2.05) is 37.3 Å². The summed E-state index contributed by atoms with van der Waals surface area (Å²) in [5.41, 5.74) is 2.16. The molecule has 2 heterocycles. The molecule has 0 saturated carbocycles. The fourth-order valence-electron chi connectivity index (χ4n) is 1.77. The van der Waals surface area contributed by atoms with Crippen molar-refractivity contribution in [2.24, 2.45) is 4.99 Å². The number of furan rings is 1. The van der Waals surface area contributed by atoms with Crippen molar-refractivity contribution in [2.75, 3.05) is 0 Å². The first-order valence-corrected chi connectivity index (χ1v) is 7.04. The Hall–Kier alpha value is -1.89. The molecule has 1 aliphatic heterocycles. The first-order valence-electron chi connectivity index (χ1n) is 5.97. The van der Waals surface area contributed by atoms with Gasteiger partial charge < -0.3 is 9.15 Å². The molecule has 0 spiro atoms. The molecule has 100 valence electrons. The summed E-state index contributed by atoms with van der Waals surface area (Å²) in [4.78, 5) is 16.0. The molecule has 2 aromatic rings. The molecule has 0 bridgehead atoms. The predicted octanol–water partition coefficient (Wildman–Crippen LogP) is 3.54. The van der Waals surface area contributed by atoms with Gasteiger partial charge in [0.2, 0.25) is 5.90 Å². The second-order valence-corrected chi connectivity index (χ2v) is 5.41. The van der Waals surface area contributed by atoms with Crippen LogP contribution in [-0.2, 0) is 9.53 Å². The lowest BCUT2D eigenvalue weighted by molar-refractivity contribution is -0.129. The summed E-state index contributed by atoms with van der Waals surface area (Å²) in [7, 11) is 0. The van der Waals surface area contributed by atoms with E-state index in [2.05, 4.69) is 27.6 Å². The minimum atomic E-state index is -0.466. The number of carbonyl (C=O) groups excluding carboxylic acids is 1. The van der Waals surface area contributed by atoms with Crippen molar-refractivity contribution < 1.29 is 13.9 Å². The molecular weight excluding hydrogens is 369 g/mol. The van der Waals surface area contributed by atoms with Crippen molar-refractivity contribution in [2.45, 2.75) is 6.92 Å². The molecule has 0 radical (unpaired) electrons. The SMILES string of the molecule is Cc1ccc(C2=N/C(=C\c3ccc(I)o3)C(=O)O2)cc1. The average Bonchev–Trinajstić information content (AvgIpc) is 2.98. The third-order valence-electron chi connectivity index (χ3n) is 2.79. The van der Waals surface area contributed by atoms with Gasteiger partial charge in [0.25, 0.3) is 0 Å². The lowest BCUT2D eigenvalue weighted by atomic mass is 10.1. The number of aliphatic imine (C=N–C) groups is 1. The number of benzene rings is 1. The van der Waals surface area contributed by atoms with Crippen molar-refractivity contribution in [3.05, 3.63) is 62.7 Å². The van der Waals surface area contributed by atoms with Crippen LogP contribution in [0.2, 0.25) is 0 Å². The summed E-state index contributed by atoms with van der Waals surface area (Å²) in [5.74, 6) is 0.435. The highest BCUT2D eigenvalue weighted by Crippen LogP contribution is 2.20. The molecule has 0 saturated heterocycles. The van der Waals surface area contributed by atoms with Gasteiger partial charge in [-0.15, -0.1) is 0 Å². The molecule has 4 nitrogen and oxygen atoms in total. The molecule has 0 N–H and O–H groups in total. The highest BCUT2D eigenvalue weighted by Gasteiger charge is 2.24.